The Morgan fingerprint density at radius 2 is 2.11 bits per heavy atom. The molecule has 0 fully saturated rings. The maximum absolute atomic E-state index is 11.9. The molecule has 0 atom stereocenters. The van der Waals surface area contributed by atoms with Gasteiger partial charge in [0, 0.05) is 18.3 Å². The normalized spacial score (nSPS) is 12.2. The maximum atomic E-state index is 11.9. The Labute approximate surface area is 121 Å². The van der Waals surface area contributed by atoms with Crippen molar-refractivity contribution in [2.24, 2.45) is 0 Å². The van der Waals surface area contributed by atoms with Gasteiger partial charge in [0.1, 0.15) is 4.60 Å². The molecule has 1 heterocycles. The van der Waals surface area contributed by atoms with Crippen LogP contribution in [0.15, 0.2) is 22.9 Å². The first-order valence-electron chi connectivity index (χ1n) is 5.48. The van der Waals surface area contributed by atoms with Crippen molar-refractivity contribution in [2.45, 2.75) is 19.4 Å². The predicted octanol–water partition coefficient (Wildman–Crippen LogP) is 0.902. The van der Waals surface area contributed by atoms with Crippen molar-refractivity contribution in [1.82, 2.24) is 15.0 Å². The monoisotopic (exact) mass is 349 g/mol. The molecule has 19 heavy (non-hydrogen) atoms. The van der Waals surface area contributed by atoms with E-state index in [9.17, 15) is 13.2 Å². The number of nitrogens with one attached hydrogen (secondary N) is 2. The summed E-state index contributed by atoms with van der Waals surface area (Å²) >= 11 is 3.18. The first kappa shape index (κ1) is 16.1. The predicted molar refractivity (Wildman–Crippen MR) is 76.3 cm³/mol. The van der Waals surface area contributed by atoms with E-state index in [0.717, 1.165) is 6.26 Å². The molecule has 0 saturated heterocycles. The van der Waals surface area contributed by atoms with Gasteiger partial charge in [-0.1, -0.05) is 0 Å². The van der Waals surface area contributed by atoms with E-state index in [1.54, 1.807) is 32.2 Å². The molecular formula is C11H16BrN3O3S. The minimum absolute atomic E-state index is 0.167. The highest BCUT2D eigenvalue weighted by molar-refractivity contribution is 9.10. The summed E-state index contributed by atoms with van der Waals surface area (Å²) in [5.74, 6) is -0.316. The number of carbonyl (C=O) groups excluding carboxylic acids is 1. The number of aromatic nitrogens is 1. The fraction of sp³-hybridized carbons (Fsp3) is 0.455. The third-order valence-corrected chi connectivity index (χ3v) is 3.71. The summed E-state index contributed by atoms with van der Waals surface area (Å²) in [7, 11) is -3.33. The number of rotatable bonds is 5. The van der Waals surface area contributed by atoms with Gasteiger partial charge in [-0.05, 0) is 41.9 Å². The van der Waals surface area contributed by atoms with Gasteiger partial charge in [-0.2, -0.15) is 0 Å². The smallest absolute Gasteiger partial charge is 0.254 e. The van der Waals surface area contributed by atoms with Crippen LogP contribution in [-0.4, -0.2) is 37.6 Å². The number of carbonyl (C=O) groups is 1. The average molecular weight is 350 g/mol. The molecule has 0 bridgehead atoms. The minimum atomic E-state index is -3.33. The molecule has 6 nitrogen and oxygen atoms in total. The van der Waals surface area contributed by atoms with Gasteiger partial charge < -0.3 is 5.32 Å². The molecule has 0 spiro atoms. The molecule has 0 aliphatic heterocycles. The number of nitrogens with zero attached hydrogens (tertiary/aromatic N) is 1. The molecule has 106 valence electrons. The fourth-order valence-electron chi connectivity index (χ4n) is 1.49. The van der Waals surface area contributed by atoms with Crippen LogP contribution in [0.2, 0.25) is 0 Å². The zero-order chi connectivity index (χ0) is 14.7. The van der Waals surface area contributed by atoms with Gasteiger partial charge >= 0.3 is 0 Å². The lowest BCUT2D eigenvalue weighted by Crippen LogP contribution is -2.51. The molecule has 0 aliphatic rings. The fourth-order valence-corrected chi connectivity index (χ4v) is 3.00. The van der Waals surface area contributed by atoms with Gasteiger partial charge in [0.2, 0.25) is 10.0 Å². The lowest BCUT2D eigenvalue weighted by molar-refractivity contribution is 0.0943. The summed E-state index contributed by atoms with van der Waals surface area (Å²) < 4.78 is 25.2. The third-order valence-electron chi connectivity index (χ3n) is 2.16. The molecule has 0 radical (unpaired) electrons. The topological polar surface area (TPSA) is 88.2 Å². The van der Waals surface area contributed by atoms with Gasteiger partial charge in [-0.15, -0.1) is 0 Å². The number of sulfonamides is 1. The number of pyridine rings is 1. The Morgan fingerprint density at radius 3 is 2.63 bits per heavy atom. The SMILES string of the molecule is CC(C)(CNC(=O)c1cccnc1Br)NS(C)(=O)=O. The van der Waals surface area contributed by atoms with E-state index >= 15 is 0 Å². The summed E-state index contributed by atoms with van der Waals surface area (Å²) in [5, 5.41) is 2.67. The van der Waals surface area contributed by atoms with Crippen molar-refractivity contribution >= 4 is 31.9 Å². The highest BCUT2D eigenvalue weighted by atomic mass is 79.9. The number of halogens is 1. The molecule has 0 aromatic carbocycles. The van der Waals surface area contributed by atoms with Gasteiger partial charge in [0.25, 0.3) is 5.91 Å². The highest BCUT2D eigenvalue weighted by Crippen LogP contribution is 2.12. The van der Waals surface area contributed by atoms with Crippen LogP contribution in [0.4, 0.5) is 0 Å². The van der Waals surface area contributed by atoms with Crippen molar-refractivity contribution in [3.63, 3.8) is 0 Å². The maximum Gasteiger partial charge on any atom is 0.254 e. The van der Waals surface area contributed by atoms with Gasteiger partial charge in [-0.25, -0.2) is 18.1 Å². The van der Waals surface area contributed by atoms with Crippen LogP contribution in [0.3, 0.4) is 0 Å². The van der Waals surface area contributed by atoms with Crippen LogP contribution in [0.25, 0.3) is 0 Å². The Balaban J connectivity index is 2.67. The van der Waals surface area contributed by atoms with E-state index in [-0.39, 0.29) is 12.5 Å². The molecule has 1 aromatic rings. The van der Waals surface area contributed by atoms with E-state index in [0.29, 0.717) is 10.2 Å². The van der Waals surface area contributed by atoms with Gasteiger partial charge in [-0.3, -0.25) is 4.79 Å². The van der Waals surface area contributed by atoms with E-state index in [4.69, 9.17) is 0 Å². The zero-order valence-electron chi connectivity index (χ0n) is 10.9. The van der Waals surface area contributed by atoms with E-state index < -0.39 is 15.6 Å². The largest absolute Gasteiger partial charge is 0.350 e. The van der Waals surface area contributed by atoms with Crippen molar-refractivity contribution < 1.29 is 13.2 Å². The highest BCUT2D eigenvalue weighted by Gasteiger charge is 2.23. The van der Waals surface area contributed by atoms with Gasteiger partial charge in [0.05, 0.1) is 11.8 Å². The van der Waals surface area contributed by atoms with Crippen molar-refractivity contribution in [3.8, 4) is 0 Å². The number of amides is 1. The number of hydrogen-bond donors (Lipinski definition) is 2. The van der Waals surface area contributed by atoms with Crippen molar-refractivity contribution in [3.05, 3.63) is 28.5 Å². The molecule has 1 aromatic heterocycles. The second-order valence-electron chi connectivity index (χ2n) is 4.78. The second-order valence-corrected chi connectivity index (χ2v) is 7.28. The Bertz CT molecular complexity index is 572. The van der Waals surface area contributed by atoms with Crippen LogP contribution in [0.1, 0.15) is 24.2 Å². The minimum Gasteiger partial charge on any atom is -0.350 e. The summed E-state index contributed by atoms with van der Waals surface area (Å²) in [6.45, 7) is 3.54. The summed E-state index contributed by atoms with van der Waals surface area (Å²) in [5.41, 5.74) is -0.365. The molecule has 0 unspecified atom stereocenters. The van der Waals surface area contributed by atoms with Crippen LogP contribution >= 0.6 is 15.9 Å². The van der Waals surface area contributed by atoms with Crippen molar-refractivity contribution in [2.75, 3.05) is 12.8 Å². The molecule has 8 heteroatoms. The molecular weight excluding hydrogens is 334 g/mol. The Kier molecular flexibility index (Phi) is 5.05. The molecule has 2 N–H and O–H groups in total. The zero-order valence-corrected chi connectivity index (χ0v) is 13.3. The van der Waals surface area contributed by atoms with Crippen molar-refractivity contribution in [1.29, 1.82) is 0 Å². The van der Waals surface area contributed by atoms with Crippen LogP contribution in [0.5, 0.6) is 0 Å². The Hall–Kier alpha value is -0.990. The quantitative estimate of drug-likeness (QED) is 0.773. The first-order chi connectivity index (χ1) is 8.61. The van der Waals surface area contributed by atoms with Gasteiger partial charge in [0.15, 0.2) is 0 Å². The Morgan fingerprint density at radius 1 is 1.47 bits per heavy atom. The molecule has 1 rings (SSSR count). The number of hydrogen-bond acceptors (Lipinski definition) is 4. The van der Waals surface area contributed by atoms with Crippen LogP contribution < -0.4 is 10.0 Å². The van der Waals surface area contributed by atoms with Crippen LogP contribution in [-0.2, 0) is 10.0 Å². The standard InChI is InChI=1S/C11H16BrN3O3S/c1-11(2,15-19(3,17)18)7-14-10(16)8-5-4-6-13-9(8)12/h4-6,15H,7H2,1-3H3,(H,14,16). The average Bonchev–Trinajstić information content (AvgIpc) is 2.23. The lowest BCUT2D eigenvalue weighted by atomic mass is 10.1. The third kappa shape index (κ3) is 5.66. The molecule has 1 amide bonds. The van der Waals surface area contributed by atoms with E-state index in [2.05, 4.69) is 31.0 Å². The molecule has 0 saturated carbocycles. The first-order valence-corrected chi connectivity index (χ1v) is 8.17. The summed E-state index contributed by atoms with van der Waals surface area (Å²) in [6.07, 6.45) is 2.64. The summed E-state index contributed by atoms with van der Waals surface area (Å²) in [4.78, 5) is 15.9. The second kappa shape index (κ2) is 5.98. The molecule has 0 aliphatic carbocycles. The van der Waals surface area contributed by atoms with E-state index in [1.807, 2.05) is 0 Å². The van der Waals surface area contributed by atoms with Crippen LogP contribution in [0, 0.1) is 0 Å². The lowest BCUT2D eigenvalue weighted by Gasteiger charge is -2.25. The van der Waals surface area contributed by atoms with E-state index in [1.165, 1.54) is 0 Å². The summed E-state index contributed by atoms with van der Waals surface area (Å²) in [6, 6.07) is 3.28.